The minimum Gasteiger partial charge on any atom is -0.497 e. The molecular formula is C15H17BrN2O. The summed E-state index contributed by atoms with van der Waals surface area (Å²) in [6.07, 6.45) is 0. The van der Waals surface area contributed by atoms with Gasteiger partial charge >= 0.3 is 0 Å². The Morgan fingerprint density at radius 1 is 1.16 bits per heavy atom. The normalized spacial score (nSPS) is 10.3. The molecule has 0 aliphatic rings. The number of nitrogens with two attached hydrogens (primary N) is 1. The van der Waals surface area contributed by atoms with Crippen LogP contribution in [0.2, 0.25) is 0 Å². The van der Waals surface area contributed by atoms with Crippen molar-refractivity contribution in [1.82, 2.24) is 0 Å². The van der Waals surface area contributed by atoms with Gasteiger partial charge in [-0.3, -0.25) is 0 Å². The molecule has 19 heavy (non-hydrogen) atoms. The van der Waals surface area contributed by atoms with E-state index in [1.54, 1.807) is 7.11 Å². The van der Waals surface area contributed by atoms with Crippen molar-refractivity contribution in [3.05, 3.63) is 52.5 Å². The van der Waals surface area contributed by atoms with Crippen LogP contribution in [0.1, 0.15) is 5.56 Å². The third-order valence-electron chi connectivity index (χ3n) is 2.91. The van der Waals surface area contributed by atoms with Gasteiger partial charge in [0.2, 0.25) is 0 Å². The number of rotatable bonds is 4. The zero-order valence-electron chi connectivity index (χ0n) is 11.1. The van der Waals surface area contributed by atoms with Crippen LogP contribution >= 0.6 is 15.9 Å². The first-order valence-electron chi connectivity index (χ1n) is 5.98. The molecule has 0 heterocycles. The van der Waals surface area contributed by atoms with Gasteiger partial charge in [-0.25, -0.2) is 0 Å². The maximum atomic E-state index is 5.85. The lowest BCUT2D eigenvalue weighted by Gasteiger charge is -2.20. The third-order valence-corrected chi connectivity index (χ3v) is 3.37. The fourth-order valence-electron chi connectivity index (χ4n) is 1.97. The van der Waals surface area contributed by atoms with Gasteiger partial charge in [-0.2, -0.15) is 0 Å². The van der Waals surface area contributed by atoms with Gasteiger partial charge in [0.25, 0.3) is 0 Å². The van der Waals surface area contributed by atoms with Gasteiger partial charge in [-0.1, -0.05) is 15.9 Å². The molecule has 2 aromatic carbocycles. The Morgan fingerprint density at radius 2 is 1.84 bits per heavy atom. The highest BCUT2D eigenvalue weighted by atomic mass is 79.9. The van der Waals surface area contributed by atoms with E-state index in [0.717, 1.165) is 28.1 Å². The van der Waals surface area contributed by atoms with E-state index in [1.807, 2.05) is 36.4 Å². The molecule has 2 aromatic rings. The number of nitrogen functional groups attached to an aromatic ring is 1. The monoisotopic (exact) mass is 320 g/mol. The summed E-state index contributed by atoms with van der Waals surface area (Å²) >= 11 is 3.46. The van der Waals surface area contributed by atoms with Gasteiger partial charge in [-0.15, -0.1) is 0 Å². The highest BCUT2D eigenvalue weighted by Gasteiger charge is 2.04. The molecule has 0 bridgehead atoms. The molecule has 0 amide bonds. The summed E-state index contributed by atoms with van der Waals surface area (Å²) < 4.78 is 6.16. The molecule has 0 aliphatic carbocycles. The highest BCUT2D eigenvalue weighted by Crippen LogP contribution is 2.22. The topological polar surface area (TPSA) is 38.5 Å². The lowest BCUT2D eigenvalue weighted by molar-refractivity contribution is 0.415. The predicted molar refractivity (Wildman–Crippen MR) is 83.7 cm³/mol. The van der Waals surface area contributed by atoms with Crippen LogP contribution in [0.15, 0.2) is 46.9 Å². The number of hydrogen-bond donors (Lipinski definition) is 1. The standard InChI is InChI=1S/C15H17BrN2O/c1-18(14-3-5-15(19-2)6-4-14)10-11-7-12(16)9-13(17)8-11/h3-9H,10,17H2,1-2H3. The molecule has 0 radical (unpaired) electrons. The minimum absolute atomic E-state index is 0.771. The first-order valence-corrected chi connectivity index (χ1v) is 6.78. The summed E-state index contributed by atoms with van der Waals surface area (Å²) in [7, 11) is 3.72. The number of hydrogen-bond acceptors (Lipinski definition) is 3. The lowest BCUT2D eigenvalue weighted by atomic mass is 10.2. The van der Waals surface area contributed by atoms with E-state index in [2.05, 4.69) is 33.9 Å². The molecule has 0 fully saturated rings. The van der Waals surface area contributed by atoms with Gasteiger partial charge in [0.05, 0.1) is 7.11 Å². The molecule has 0 spiro atoms. The molecule has 100 valence electrons. The van der Waals surface area contributed by atoms with Crippen LogP contribution in [0.25, 0.3) is 0 Å². The number of halogens is 1. The molecule has 0 atom stereocenters. The van der Waals surface area contributed by atoms with Crippen LogP contribution in [-0.2, 0) is 6.54 Å². The largest absolute Gasteiger partial charge is 0.497 e. The second-order valence-electron chi connectivity index (χ2n) is 4.45. The van der Waals surface area contributed by atoms with Gasteiger partial charge in [0.15, 0.2) is 0 Å². The lowest BCUT2D eigenvalue weighted by Crippen LogP contribution is -2.16. The Hall–Kier alpha value is -1.68. The van der Waals surface area contributed by atoms with Crippen LogP contribution in [0.5, 0.6) is 5.75 Å². The average Bonchev–Trinajstić information content (AvgIpc) is 2.37. The van der Waals surface area contributed by atoms with E-state index in [1.165, 1.54) is 5.56 Å². The predicted octanol–water partition coefficient (Wildman–Crippen LogP) is 3.68. The van der Waals surface area contributed by atoms with Gasteiger partial charge in [0, 0.05) is 29.4 Å². The summed E-state index contributed by atoms with van der Waals surface area (Å²) in [6.45, 7) is 0.802. The number of nitrogens with zero attached hydrogens (tertiary/aromatic N) is 1. The SMILES string of the molecule is COc1ccc(N(C)Cc2cc(N)cc(Br)c2)cc1. The van der Waals surface area contributed by atoms with Gasteiger partial charge in [-0.05, 0) is 48.0 Å². The second kappa shape index (κ2) is 5.97. The van der Waals surface area contributed by atoms with Crippen LogP contribution in [0.4, 0.5) is 11.4 Å². The van der Waals surface area contributed by atoms with Crippen LogP contribution < -0.4 is 15.4 Å². The van der Waals surface area contributed by atoms with E-state index in [9.17, 15) is 0 Å². The molecule has 4 heteroatoms. The van der Waals surface area contributed by atoms with Crippen LogP contribution in [0, 0.1) is 0 Å². The van der Waals surface area contributed by atoms with Crippen molar-refractivity contribution < 1.29 is 4.74 Å². The van der Waals surface area contributed by atoms with Crippen molar-refractivity contribution >= 4 is 27.3 Å². The average molecular weight is 321 g/mol. The molecule has 2 rings (SSSR count). The van der Waals surface area contributed by atoms with Crippen LogP contribution in [-0.4, -0.2) is 14.2 Å². The Morgan fingerprint density at radius 3 is 2.42 bits per heavy atom. The van der Waals surface area contributed by atoms with Crippen LogP contribution in [0.3, 0.4) is 0 Å². The second-order valence-corrected chi connectivity index (χ2v) is 5.36. The summed E-state index contributed by atoms with van der Waals surface area (Å²) in [6, 6.07) is 14.0. The van der Waals surface area contributed by atoms with Crippen molar-refractivity contribution in [2.45, 2.75) is 6.54 Å². The van der Waals surface area contributed by atoms with Crippen molar-refractivity contribution in [1.29, 1.82) is 0 Å². The molecule has 3 nitrogen and oxygen atoms in total. The molecular weight excluding hydrogens is 304 g/mol. The Labute approximate surface area is 122 Å². The van der Waals surface area contributed by atoms with Crippen molar-refractivity contribution in [3.8, 4) is 5.75 Å². The highest BCUT2D eigenvalue weighted by molar-refractivity contribution is 9.10. The number of anilines is 2. The summed E-state index contributed by atoms with van der Waals surface area (Å²) in [5.74, 6) is 0.865. The Balaban J connectivity index is 2.13. The third kappa shape index (κ3) is 3.64. The van der Waals surface area contributed by atoms with E-state index in [4.69, 9.17) is 10.5 Å². The molecule has 0 saturated carbocycles. The van der Waals surface area contributed by atoms with E-state index < -0.39 is 0 Å². The zero-order chi connectivity index (χ0) is 13.8. The smallest absolute Gasteiger partial charge is 0.119 e. The van der Waals surface area contributed by atoms with E-state index >= 15 is 0 Å². The number of ether oxygens (including phenoxy) is 1. The first-order chi connectivity index (χ1) is 9.08. The maximum absolute atomic E-state index is 5.85. The summed E-state index contributed by atoms with van der Waals surface area (Å²) in [5.41, 5.74) is 8.93. The molecule has 0 saturated heterocycles. The quantitative estimate of drug-likeness (QED) is 0.873. The van der Waals surface area contributed by atoms with E-state index in [-0.39, 0.29) is 0 Å². The molecule has 0 unspecified atom stereocenters. The van der Waals surface area contributed by atoms with E-state index in [0.29, 0.717) is 0 Å². The first kappa shape index (κ1) is 13.7. The molecule has 2 N–H and O–H groups in total. The summed E-state index contributed by atoms with van der Waals surface area (Å²) in [4.78, 5) is 2.17. The van der Waals surface area contributed by atoms with Crippen molar-refractivity contribution in [3.63, 3.8) is 0 Å². The van der Waals surface area contributed by atoms with Crippen molar-refractivity contribution in [2.75, 3.05) is 24.8 Å². The minimum atomic E-state index is 0.771. The number of methoxy groups -OCH3 is 1. The zero-order valence-corrected chi connectivity index (χ0v) is 12.6. The Bertz CT molecular complexity index is 534. The van der Waals surface area contributed by atoms with Gasteiger partial charge < -0.3 is 15.4 Å². The fraction of sp³-hybridized carbons (Fsp3) is 0.200. The maximum Gasteiger partial charge on any atom is 0.119 e. The molecule has 0 aliphatic heterocycles. The summed E-state index contributed by atoms with van der Waals surface area (Å²) in [5, 5.41) is 0. The van der Waals surface area contributed by atoms with Crippen molar-refractivity contribution in [2.24, 2.45) is 0 Å². The van der Waals surface area contributed by atoms with Gasteiger partial charge in [0.1, 0.15) is 5.75 Å². The Kier molecular flexibility index (Phi) is 4.32. The molecule has 0 aromatic heterocycles. The number of benzene rings is 2. The fourth-order valence-corrected chi connectivity index (χ4v) is 2.53.